The van der Waals surface area contributed by atoms with Crippen molar-refractivity contribution in [2.75, 3.05) is 18.9 Å². The Bertz CT molecular complexity index is 1500. The standard InChI is InChI=1S/C30H30F2N4O5/c1-17(2)12-22(25(37)36-16-29(14-19(36)15-33)20-6-4-5-7-21(20)34-26(29)38)35(3)27(39)28(10-11-28)18-8-9-23-24(13-18)41-30(31,32)40-23/h4-9,13,17,19,22H,10-12,14,16H2,1-3H3,(H,34,38)/t19-,22-,29-/m0/s1. The van der Waals surface area contributed by atoms with Crippen LogP contribution in [0.2, 0.25) is 0 Å². The summed E-state index contributed by atoms with van der Waals surface area (Å²) in [4.78, 5) is 44.3. The van der Waals surface area contributed by atoms with Crippen LogP contribution in [0.1, 0.15) is 50.7 Å². The van der Waals surface area contributed by atoms with Crippen LogP contribution >= 0.6 is 0 Å². The fraction of sp³-hybridized carbons (Fsp3) is 0.467. The van der Waals surface area contributed by atoms with Gasteiger partial charge >= 0.3 is 6.29 Å². The van der Waals surface area contributed by atoms with Crippen LogP contribution in [0.15, 0.2) is 42.5 Å². The van der Waals surface area contributed by atoms with E-state index in [1.54, 1.807) is 19.2 Å². The molecule has 1 saturated carbocycles. The Morgan fingerprint density at radius 3 is 2.56 bits per heavy atom. The molecular weight excluding hydrogens is 534 g/mol. The third-order valence-corrected chi connectivity index (χ3v) is 8.80. The van der Waals surface area contributed by atoms with Gasteiger partial charge in [-0.3, -0.25) is 14.4 Å². The zero-order valence-electron chi connectivity index (χ0n) is 22.9. The minimum absolute atomic E-state index is 0.0328. The number of para-hydroxylation sites is 1. The molecule has 3 atom stereocenters. The number of carbonyl (C=O) groups is 3. The van der Waals surface area contributed by atoms with Gasteiger partial charge in [-0.2, -0.15) is 5.26 Å². The number of benzene rings is 2. The van der Waals surface area contributed by atoms with Gasteiger partial charge in [-0.15, -0.1) is 8.78 Å². The van der Waals surface area contributed by atoms with Gasteiger partial charge in [0.15, 0.2) is 11.5 Å². The van der Waals surface area contributed by atoms with Crippen molar-refractivity contribution in [1.82, 2.24) is 9.80 Å². The topological polar surface area (TPSA) is 112 Å². The Hall–Kier alpha value is -4.20. The second kappa shape index (κ2) is 9.16. The first-order chi connectivity index (χ1) is 19.4. The number of halogens is 2. The minimum atomic E-state index is -3.77. The summed E-state index contributed by atoms with van der Waals surface area (Å²) in [6.45, 7) is 3.92. The van der Waals surface area contributed by atoms with Gasteiger partial charge < -0.3 is 24.6 Å². The van der Waals surface area contributed by atoms with Crippen LogP contribution in [0.4, 0.5) is 14.5 Å². The molecule has 4 aliphatic rings. The van der Waals surface area contributed by atoms with E-state index in [1.807, 2.05) is 32.0 Å². The number of anilines is 1. The van der Waals surface area contributed by atoms with Crippen LogP contribution in [0.25, 0.3) is 0 Å². The normalized spacial score (nSPS) is 25.0. The Morgan fingerprint density at radius 2 is 1.88 bits per heavy atom. The van der Waals surface area contributed by atoms with E-state index >= 15 is 0 Å². The van der Waals surface area contributed by atoms with E-state index in [0.717, 1.165) is 5.56 Å². The molecule has 1 spiro atoms. The average Bonchev–Trinajstić information content (AvgIpc) is 3.45. The number of fused-ring (bicyclic) bond motifs is 3. The molecule has 1 saturated heterocycles. The summed E-state index contributed by atoms with van der Waals surface area (Å²) in [5.41, 5.74) is -0.0722. The maximum absolute atomic E-state index is 14.2. The molecule has 0 aromatic heterocycles. The van der Waals surface area contributed by atoms with Crippen molar-refractivity contribution in [1.29, 1.82) is 5.26 Å². The highest BCUT2D eigenvalue weighted by atomic mass is 19.3. The number of nitriles is 1. The summed E-state index contributed by atoms with van der Waals surface area (Å²) in [5, 5.41) is 12.9. The van der Waals surface area contributed by atoms with Gasteiger partial charge in [0.2, 0.25) is 17.7 Å². The number of likely N-dealkylation sites (N-methyl/N-ethyl adjacent to an activating group) is 1. The lowest BCUT2D eigenvalue weighted by Gasteiger charge is -2.35. The Morgan fingerprint density at radius 1 is 1.17 bits per heavy atom. The van der Waals surface area contributed by atoms with Gasteiger partial charge in [0.25, 0.3) is 0 Å². The third kappa shape index (κ3) is 4.19. The second-order valence-electron chi connectivity index (χ2n) is 11.9. The predicted octanol–water partition coefficient (Wildman–Crippen LogP) is 3.93. The summed E-state index contributed by atoms with van der Waals surface area (Å²) in [6, 6.07) is 12.1. The number of nitrogens with one attached hydrogen (secondary N) is 1. The second-order valence-corrected chi connectivity index (χ2v) is 11.9. The molecule has 3 aliphatic heterocycles. The molecule has 3 amide bonds. The van der Waals surface area contributed by atoms with Gasteiger partial charge in [0.05, 0.1) is 16.9 Å². The summed E-state index contributed by atoms with van der Waals surface area (Å²) >= 11 is 0. The molecule has 11 heteroatoms. The van der Waals surface area contributed by atoms with Crippen LogP contribution < -0.4 is 14.8 Å². The van der Waals surface area contributed by atoms with Crippen molar-refractivity contribution in [3.8, 4) is 17.6 Å². The molecule has 2 fully saturated rings. The number of hydrogen-bond acceptors (Lipinski definition) is 6. The highest BCUT2D eigenvalue weighted by molar-refractivity contribution is 6.07. The van der Waals surface area contributed by atoms with Gasteiger partial charge in [0, 0.05) is 25.7 Å². The van der Waals surface area contributed by atoms with E-state index in [2.05, 4.69) is 20.9 Å². The van der Waals surface area contributed by atoms with E-state index < -0.39 is 35.1 Å². The number of amides is 3. The number of ether oxygens (including phenoxy) is 2. The monoisotopic (exact) mass is 564 g/mol. The minimum Gasteiger partial charge on any atom is -0.395 e. The van der Waals surface area contributed by atoms with Gasteiger partial charge in [-0.05, 0) is 54.5 Å². The average molecular weight is 565 g/mol. The lowest BCUT2D eigenvalue weighted by atomic mass is 9.80. The molecule has 41 heavy (non-hydrogen) atoms. The maximum atomic E-state index is 14.2. The van der Waals surface area contributed by atoms with E-state index in [-0.39, 0.29) is 42.2 Å². The Balaban J connectivity index is 1.28. The third-order valence-electron chi connectivity index (χ3n) is 8.80. The van der Waals surface area contributed by atoms with Crippen molar-refractivity contribution in [2.24, 2.45) is 5.92 Å². The zero-order valence-corrected chi connectivity index (χ0v) is 22.9. The van der Waals surface area contributed by atoms with Crippen molar-refractivity contribution >= 4 is 23.4 Å². The molecular formula is C30H30F2N4O5. The molecule has 3 heterocycles. The van der Waals surface area contributed by atoms with Gasteiger partial charge in [-0.25, -0.2) is 0 Å². The summed E-state index contributed by atoms with van der Waals surface area (Å²) in [5.74, 6) is -1.16. The lowest BCUT2D eigenvalue weighted by Crippen LogP contribution is -2.53. The molecule has 6 rings (SSSR count). The van der Waals surface area contributed by atoms with Crippen LogP contribution in [0.5, 0.6) is 11.5 Å². The molecule has 2 aromatic rings. The first kappa shape index (κ1) is 27.0. The molecule has 0 bridgehead atoms. The fourth-order valence-corrected chi connectivity index (χ4v) is 6.53. The lowest BCUT2D eigenvalue weighted by molar-refractivity contribution is -0.286. The number of rotatable bonds is 6. The van der Waals surface area contributed by atoms with E-state index in [1.165, 1.54) is 21.9 Å². The van der Waals surface area contributed by atoms with Crippen LogP contribution in [0.3, 0.4) is 0 Å². The molecule has 214 valence electrons. The Kier molecular flexibility index (Phi) is 6.03. The largest absolute Gasteiger partial charge is 0.586 e. The Labute approximate surface area is 236 Å². The zero-order chi connectivity index (χ0) is 29.3. The molecule has 0 unspecified atom stereocenters. The van der Waals surface area contributed by atoms with Crippen LogP contribution in [-0.4, -0.2) is 59.5 Å². The molecule has 1 N–H and O–H groups in total. The van der Waals surface area contributed by atoms with Crippen molar-refractivity contribution in [2.45, 2.75) is 68.7 Å². The van der Waals surface area contributed by atoms with E-state index in [4.69, 9.17) is 0 Å². The first-order valence-corrected chi connectivity index (χ1v) is 13.7. The molecule has 9 nitrogen and oxygen atoms in total. The van der Waals surface area contributed by atoms with E-state index in [0.29, 0.717) is 30.5 Å². The number of likely N-dealkylation sites (tertiary alicyclic amines) is 1. The first-order valence-electron chi connectivity index (χ1n) is 13.7. The van der Waals surface area contributed by atoms with Crippen molar-refractivity contribution < 1.29 is 32.6 Å². The van der Waals surface area contributed by atoms with Crippen molar-refractivity contribution in [3.63, 3.8) is 0 Å². The molecule has 1 aliphatic carbocycles. The van der Waals surface area contributed by atoms with Crippen LogP contribution in [0, 0.1) is 17.2 Å². The van der Waals surface area contributed by atoms with Crippen LogP contribution in [-0.2, 0) is 25.2 Å². The van der Waals surface area contributed by atoms with E-state index in [9.17, 15) is 28.4 Å². The number of carbonyl (C=O) groups excluding carboxylic acids is 3. The summed E-state index contributed by atoms with van der Waals surface area (Å²) in [6.07, 6.45) is -2.29. The number of nitrogens with zero attached hydrogens (tertiary/aromatic N) is 3. The fourth-order valence-electron chi connectivity index (χ4n) is 6.53. The highest BCUT2D eigenvalue weighted by Gasteiger charge is 2.58. The predicted molar refractivity (Wildman–Crippen MR) is 142 cm³/mol. The number of hydrogen-bond donors (Lipinski definition) is 1. The quantitative estimate of drug-likeness (QED) is 0.569. The SMILES string of the molecule is CC(C)C[C@@H](C(=O)N1C[C@]2(C[C@H]1C#N)C(=O)Nc1ccccc12)N(C)C(=O)C1(c2ccc3c(c2)OC(F)(F)O3)CC1. The van der Waals surface area contributed by atoms with Crippen molar-refractivity contribution in [3.05, 3.63) is 53.6 Å². The smallest absolute Gasteiger partial charge is 0.395 e. The molecule has 0 radical (unpaired) electrons. The molecule has 2 aromatic carbocycles. The van der Waals surface area contributed by atoms with Gasteiger partial charge in [-0.1, -0.05) is 38.1 Å². The summed E-state index contributed by atoms with van der Waals surface area (Å²) in [7, 11) is 1.57. The number of alkyl halides is 2. The van der Waals surface area contributed by atoms with Gasteiger partial charge in [0.1, 0.15) is 12.1 Å². The maximum Gasteiger partial charge on any atom is 0.586 e. The summed E-state index contributed by atoms with van der Waals surface area (Å²) < 4.78 is 36.3. The highest BCUT2D eigenvalue weighted by Crippen LogP contribution is 2.53.